The van der Waals surface area contributed by atoms with Crippen LogP contribution in [0.25, 0.3) is 6.08 Å². The molecule has 2 aliphatic rings. The molecule has 1 amide bonds. The highest BCUT2D eigenvalue weighted by atomic mass is 35.5. The number of fused-ring (bicyclic) bond motifs is 1. The van der Waals surface area contributed by atoms with Crippen LogP contribution in [0.2, 0.25) is 5.02 Å². The molecular formula is C22H24ClN3O3S. The van der Waals surface area contributed by atoms with Gasteiger partial charge in [-0.25, -0.2) is 8.42 Å². The highest BCUT2D eigenvalue weighted by molar-refractivity contribution is 7.92. The van der Waals surface area contributed by atoms with Crippen molar-refractivity contribution in [3.8, 4) is 0 Å². The maximum Gasteiger partial charge on any atom is 0.245 e. The van der Waals surface area contributed by atoms with Crippen LogP contribution in [-0.4, -0.2) is 45.4 Å². The first kappa shape index (κ1) is 21.1. The molecule has 1 fully saturated rings. The molecule has 1 atom stereocenters. The molecule has 8 heteroatoms. The molecule has 4 rings (SSSR count). The van der Waals surface area contributed by atoms with Crippen molar-refractivity contribution >= 4 is 39.3 Å². The van der Waals surface area contributed by atoms with Gasteiger partial charge in [0.25, 0.3) is 0 Å². The van der Waals surface area contributed by atoms with Crippen LogP contribution in [0.1, 0.15) is 23.1 Å². The first-order chi connectivity index (χ1) is 14.3. The maximum atomic E-state index is 12.9. The Hall–Kier alpha value is -2.19. The van der Waals surface area contributed by atoms with Crippen LogP contribution in [0.4, 0.5) is 5.69 Å². The van der Waals surface area contributed by atoms with Gasteiger partial charge in [0, 0.05) is 35.8 Å². The molecule has 0 radical (unpaired) electrons. The predicted octanol–water partition coefficient (Wildman–Crippen LogP) is 3.02. The van der Waals surface area contributed by atoms with E-state index in [-0.39, 0.29) is 5.91 Å². The lowest BCUT2D eigenvalue weighted by molar-refractivity contribution is -0.118. The van der Waals surface area contributed by atoms with Crippen molar-refractivity contribution in [2.75, 3.05) is 25.0 Å². The molecular weight excluding hydrogens is 422 g/mol. The number of benzene rings is 2. The Kier molecular flexibility index (Phi) is 5.97. The highest BCUT2D eigenvalue weighted by Crippen LogP contribution is 2.27. The summed E-state index contributed by atoms with van der Waals surface area (Å²) in [7, 11) is -1.65. The van der Waals surface area contributed by atoms with Crippen molar-refractivity contribution in [3.05, 3.63) is 69.6 Å². The molecule has 158 valence electrons. The fourth-order valence-corrected chi connectivity index (χ4v) is 5.03. The van der Waals surface area contributed by atoms with E-state index in [1.807, 2.05) is 6.07 Å². The van der Waals surface area contributed by atoms with Crippen molar-refractivity contribution in [2.45, 2.75) is 25.4 Å². The number of carbonyl (C=O) groups excluding carboxylic acids is 1. The fraction of sp³-hybridized carbons (Fsp3) is 0.318. The SMILES string of the molecule is CN1CCc2cc(N3CC[C@H](NS(=O)(=O)C=Cc4ccc(Cl)cc4)C3=O)ccc2C1. The maximum absolute atomic E-state index is 12.9. The Morgan fingerprint density at radius 2 is 1.87 bits per heavy atom. The lowest BCUT2D eigenvalue weighted by Gasteiger charge is -2.26. The molecule has 0 unspecified atom stereocenters. The van der Waals surface area contributed by atoms with Crippen molar-refractivity contribution in [2.24, 2.45) is 0 Å². The van der Waals surface area contributed by atoms with E-state index in [1.54, 1.807) is 29.2 Å². The second kappa shape index (κ2) is 8.51. The van der Waals surface area contributed by atoms with Gasteiger partial charge in [-0.15, -0.1) is 0 Å². The molecule has 0 spiro atoms. The fourth-order valence-electron chi connectivity index (χ4n) is 3.87. The second-order valence-electron chi connectivity index (χ2n) is 7.79. The van der Waals surface area contributed by atoms with Crippen molar-refractivity contribution in [1.29, 1.82) is 0 Å². The van der Waals surface area contributed by atoms with Gasteiger partial charge in [-0.05, 0) is 66.9 Å². The second-order valence-corrected chi connectivity index (χ2v) is 9.82. The number of likely N-dealkylation sites (N-methyl/N-ethyl adjacent to an activating group) is 1. The van der Waals surface area contributed by atoms with Crippen LogP contribution >= 0.6 is 11.6 Å². The van der Waals surface area contributed by atoms with Crippen LogP contribution in [0, 0.1) is 0 Å². The van der Waals surface area contributed by atoms with Crippen LogP contribution in [0.5, 0.6) is 0 Å². The van der Waals surface area contributed by atoms with E-state index < -0.39 is 16.1 Å². The summed E-state index contributed by atoms with van der Waals surface area (Å²) in [4.78, 5) is 16.8. The van der Waals surface area contributed by atoms with Crippen LogP contribution < -0.4 is 9.62 Å². The monoisotopic (exact) mass is 445 g/mol. The van der Waals surface area contributed by atoms with Crippen molar-refractivity contribution < 1.29 is 13.2 Å². The standard InChI is InChI=1S/C22H24ClN3O3S/c1-25-11-8-17-14-20(7-4-18(17)15-25)26-12-9-21(22(26)27)24-30(28,29)13-10-16-2-5-19(23)6-3-16/h2-7,10,13-14,21,24H,8-9,11-12,15H2,1H3/t21-/m0/s1. The summed E-state index contributed by atoms with van der Waals surface area (Å²) in [5.74, 6) is -0.216. The topological polar surface area (TPSA) is 69.7 Å². The lowest BCUT2D eigenvalue weighted by atomic mass is 9.99. The zero-order chi connectivity index (χ0) is 21.3. The minimum absolute atomic E-state index is 0.216. The third-order valence-corrected chi connectivity index (χ3v) is 6.89. The number of anilines is 1. The average molecular weight is 446 g/mol. The summed E-state index contributed by atoms with van der Waals surface area (Å²) in [5.41, 5.74) is 4.09. The highest BCUT2D eigenvalue weighted by Gasteiger charge is 2.35. The van der Waals surface area contributed by atoms with Gasteiger partial charge in [-0.2, -0.15) is 4.72 Å². The van der Waals surface area contributed by atoms with Gasteiger partial charge in [0.05, 0.1) is 0 Å². The third kappa shape index (κ3) is 4.75. The number of halogens is 1. The number of hydrogen-bond donors (Lipinski definition) is 1. The number of nitrogens with one attached hydrogen (secondary N) is 1. The van der Waals surface area contributed by atoms with Gasteiger partial charge >= 0.3 is 0 Å². The van der Waals surface area contributed by atoms with E-state index >= 15 is 0 Å². The number of sulfonamides is 1. The minimum Gasteiger partial charge on any atom is -0.311 e. The van der Waals surface area contributed by atoms with Gasteiger partial charge in [0.15, 0.2) is 0 Å². The zero-order valence-electron chi connectivity index (χ0n) is 16.7. The first-order valence-corrected chi connectivity index (χ1v) is 11.8. The zero-order valence-corrected chi connectivity index (χ0v) is 18.3. The molecule has 0 saturated carbocycles. The molecule has 0 aromatic heterocycles. The van der Waals surface area contributed by atoms with Crippen LogP contribution in [0.15, 0.2) is 47.9 Å². The van der Waals surface area contributed by atoms with Gasteiger partial charge in [0.1, 0.15) is 6.04 Å². The quantitative estimate of drug-likeness (QED) is 0.768. The number of amides is 1. The average Bonchev–Trinajstić information content (AvgIpc) is 3.07. The van der Waals surface area contributed by atoms with Crippen molar-refractivity contribution in [1.82, 2.24) is 9.62 Å². The van der Waals surface area contributed by atoms with Gasteiger partial charge < -0.3 is 9.80 Å². The summed E-state index contributed by atoms with van der Waals surface area (Å²) in [6.45, 7) is 2.39. The Morgan fingerprint density at radius 3 is 2.63 bits per heavy atom. The summed E-state index contributed by atoms with van der Waals surface area (Å²) in [6.07, 6.45) is 2.87. The van der Waals surface area contributed by atoms with Crippen molar-refractivity contribution in [3.63, 3.8) is 0 Å². The smallest absolute Gasteiger partial charge is 0.245 e. The normalized spacial score (nSPS) is 20.1. The molecule has 1 N–H and O–H groups in total. The summed E-state index contributed by atoms with van der Waals surface area (Å²) >= 11 is 5.84. The Bertz CT molecular complexity index is 1080. The van der Waals surface area contributed by atoms with E-state index in [4.69, 9.17) is 11.6 Å². The van der Waals surface area contributed by atoms with Crippen LogP contribution in [0.3, 0.4) is 0 Å². The predicted molar refractivity (Wildman–Crippen MR) is 120 cm³/mol. The molecule has 2 aromatic rings. The molecule has 6 nitrogen and oxygen atoms in total. The van der Waals surface area contributed by atoms with Gasteiger partial charge in [-0.1, -0.05) is 29.8 Å². The summed E-state index contributed by atoms with van der Waals surface area (Å²) in [6, 6.07) is 12.2. The van der Waals surface area contributed by atoms with Gasteiger partial charge in [0.2, 0.25) is 15.9 Å². The number of hydrogen-bond acceptors (Lipinski definition) is 4. The number of rotatable bonds is 5. The molecule has 1 saturated heterocycles. The minimum atomic E-state index is -3.75. The third-order valence-electron chi connectivity index (χ3n) is 5.53. The molecule has 2 aliphatic heterocycles. The Labute approximate surface area is 182 Å². The molecule has 0 aliphatic carbocycles. The first-order valence-electron chi connectivity index (χ1n) is 9.88. The summed E-state index contributed by atoms with van der Waals surface area (Å²) < 4.78 is 27.4. The Balaban J connectivity index is 1.43. The van der Waals surface area contributed by atoms with E-state index in [0.29, 0.717) is 23.6 Å². The summed E-state index contributed by atoms with van der Waals surface area (Å²) in [5, 5.41) is 1.67. The van der Waals surface area contributed by atoms with E-state index in [2.05, 4.69) is 28.8 Å². The van der Waals surface area contributed by atoms with E-state index in [0.717, 1.165) is 30.6 Å². The van der Waals surface area contributed by atoms with E-state index in [9.17, 15) is 13.2 Å². The van der Waals surface area contributed by atoms with Gasteiger partial charge in [-0.3, -0.25) is 4.79 Å². The number of nitrogens with zero attached hydrogens (tertiary/aromatic N) is 2. The molecule has 2 aromatic carbocycles. The largest absolute Gasteiger partial charge is 0.311 e. The molecule has 0 bridgehead atoms. The van der Waals surface area contributed by atoms with Crippen LogP contribution in [-0.2, 0) is 27.8 Å². The Morgan fingerprint density at radius 1 is 1.10 bits per heavy atom. The lowest BCUT2D eigenvalue weighted by Crippen LogP contribution is -2.40. The molecule has 30 heavy (non-hydrogen) atoms. The molecule has 2 heterocycles. The van der Waals surface area contributed by atoms with E-state index in [1.165, 1.54) is 17.2 Å². The number of carbonyl (C=O) groups is 1.